The molecular weight excluding hydrogens is 503 g/mol. The molecule has 4 rings (SSSR count). The van der Waals surface area contributed by atoms with Gasteiger partial charge in [0.2, 0.25) is 5.91 Å². The number of carbonyl (C=O) groups is 2. The highest BCUT2D eigenvalue weighted by Crippen LogP contribution is 2.34. The molecule has 2 amide bonds. The van der Waals surface area contributed by atoms with Crippen LogP contribution < -0.4 is 15.4 Å². The minimum Gasteiger partial charge on any atom is -0.404 e. The van der Waals surface area contributed by atoms with Crippen LogP contribution in [0, 0.1) is 11.3 Å². The van der Waals surface area contributed by atoms with E-state index in [-0.39, 0.29) is 17.1 Å². The molecule has 36 heavy (non-hydrogen) atoms. The number of nitriles is 1. The van der Waals surface area contributed by atoms with E-state index in [1.54, 1.807) is 12.1 Å². The fraction of sp³-hybridized carbons (Fsp3) is 0.273. The molecule has 1 fully saturated rings. The summed E-state index contributed by atoms with van der Waals surface area (Å²) in [7, 11) is 0. The fourth-order valence-corrected chi connectivity index (χ4v) is 3.48. The minimum atomic E-state index is -4.93. The number of ether oxygens (including phenoxy) is 1. The zero-order valence-corrected chi connectivity index (χ0v) is 19.0. The Morgan fingerprint density at radius 1 is 1.25 bits per heavy atom. The molecule has 2 heterocycles. The Morgan fingerprint density at radius 2 is 1.97 bits per heavy atom. The second-order valence-corrected chi connectivity index (χ2v) is 8.36. The monoisotopic (exact) mass is 519 g/mol. The number of halogens is 4. The van der Waals surface area contributed by atoms with Crippen molar-refractivity contribution in [2.75, 3.05) is 0 Å². The van der Waals surface area contributed by atoms with Crippen molar-refractivity contribution in [2.24, 2.45) is 0 Å². The second kappa shape index (κ2) is 9.82. The molecule has 2 aromatic heterocycles. The van der Waals surface area contributed by atoms with Gasteiger partial charge in [0.05, 0.1) is 23.0 Å². The lowest BCUT2D eigenvalue weighted by Crippen LogP contribution is -2.51. The predicted octanol–water partition coefficient (Wildman–Crippen LogP) is 2.73. The number of hydrogen-bond donors (Lipinski definition) is 2. The summed E-state index contributed by atoms with van der Waals surface area (Å²) in [5.74, 6) is -1.97. The van der Waals surface area contributed by atoms with Crippen LogP contribution in [0.3, 0.4) is 0 Å². The van der Waals surface area contributed by atoms with Crippen LogP contribution in [-0.2, 0) is 11.2 Å². The number of rotatable bonds is 8. The number of nitrogens with one attached hydrogen (secondary N) is 2. The molecule has 0 bridgehead atoms. The lowest BCUT2D eigenvalue weighted by atomic mass is 10.0. The Kier molecular flexibility index (Phi) is 6.80. The smallest absolute Gasteiger partial charge is 0.404 e. The van der Waals surface area contributed by atoms with Gasteiger partial charge < -0.3 is 15.4 Å². The Hall–Kier alpha value is -4.18. The Bertz CT molecular complexity index is 1320. The first-order valence-electron chi connectivity index (χ1n) is 10.5. The van der Waals surface area contributed by atoms with Gasteiger partial charge in [-0.1, -0.05) is 17.7 Å². The number of aromatic nitrogens is 4. The first-order chi connectivity index (χ1) is 17.1. The van der Waals surface area contributed by atoms with Crippen molar-refractivity contribution >= 4 is 23.4 Å². The summed E-state index contributed by atoms with van der Waals surface area (Å²) in [5.41, 5.74) is -0.193. The summed E-state index contributed by atoms with van der Waals surface area (Å²) < 4.78 is 41.4. The molecule has 0 spiro atoms. The molecule has 0 saturated heterocycles. The largest absolute Gasteiger partial charge is 0.573 e. The average Bonchev–Trinajstić information content (AvgIpc) is 3.42. The van der Waals surface area contributed by atoms with Gasteiger partial charge in [-0.3, -0.25) is 14.6 Å². The standard InChI is InChI=1S/C22H17ClF3N7O3/c23-15-9-13(1-2-18(15)36-22(24,25)26)10-16(20(35)31-21(12-27)5-6-21)30-19(34)17-11-29-33(32-17)14-3-7-28-8-4-14/h1-4,7-9,11,16H,5-6,10H2,(H,30,34)(H,31,35)/t16-/m0/s1. The van der Waals surface area contributed by atoms with E-state index in [1.807, 2.05) is 6.07 Å². The molecule has 10 nitrogen and oxygen atoms in total. The fourth-order valence-electron chi connectivity index (χ4n) is 3.24. The maximum Gasteiger partial charge on any atom is 0.573 e. The Labute approximate surface area is 207 Å². The lowest BCUT2D eigenvalue weighted by molar-refractivity contribution is -0.274. The lowest BCUT2D eigenvalue weighted by Gasteiger charge is -2.20. The molecule has 1 aliphatic carbocycles. The highest BCUT2D eigenvalue weighted by molar-refractivity contribution is 6.32. The maximum atomic E-state index is 13.0. The number of amides is 2. The van der Waals surface area contributed by atoms with E-state index in [9.17, 15) is 28.0 Å². The normalized spacial score (nSPS) is 14.9. The molecular formula is C22H17ClF3N7O3. The quantitative estimate of drug-likeness (QED) is 0.467. The minimum absolute atomic E-state index is 0.0852. The summed E-state index contributed by atoms with van der Waals surface area (Å²) in [6.07, 6.45) is 0.129. The second-order valence-electron chi connectivity index (χ2n) is 7.95. The van der Waals surface area contributed by atoms with Crippen LogP contribution in [0.25, 0.3) is 5.69 Å². The predicted molar refractivity (Wildman–Crippen MR) is 118 cm³/mol. The van der Waals surface area contributed by atoms with Gasteiger partial charge in [-0.05, 0) is 42.7 Å². The van der Waals surface area contributed by atoms with E-state index in [2.05, 4.69) is 30.6 Å². The molecule has 0 radical (unpaired) electrons. The first kappa shape index (κ1) is 24.9. The van der Waals surface area contributed by atoms with Crippen molar-refractivity contribution < 1.29 is 27.5 Å². The van der Waals surface area contributed by atoms with Gasteiger partial charge in [0, 0.05) is 18.8 Å². The number of carbonyl (C=O) groups excluding carboxylic acids is 2. The third-order valence-electron chi connectivity index (χ3n) is 5.23. The molecule has 14 heteroatoms. The summed E-state index contributed by atoms with van der Waals surface area (Å²) in [4.78, 5) is 30.9. The van der Waals surface area contributed by atoms with E-state index in [0.29, 0.717) is 24.1 Å². The highest BCUT2D eigenvalue weighted by atomic mass is 35.5. The van der Waals surface area contributed by atoms with Crippen molar-refractivity contribution in [2.45, 2.75) is 37.2 Å². The zero-order chi connectivity index (χ0) is 25.9. The molecule has 186 valence electrons. The third kappa shape index (κ3) is 6.08. The molecule has 3 aromatic rings. The van der Waals surface area contributed by atoms with E-state index >= 15 is 0 Å². The van der Waals surface area contributed by atoms with Gasteiger partial charge in [-0.15, -0.1) is 18.3 Å². The molecule has 1 aromatic carbocycles. The van der Waals surface area contributed by atoms with Crippen LogP contribution in [0.1, 0.15) is 28.9 Å². The van der Waals surface area contributed by atoms with Crippen molar-refractivity contribution in [3.63, 3.8) is 0 Å². The summed E-state index contributed by atoms with van der Waals surface area (Å²) in [6, 6.07) is 7.59. The molecule has 1 saturated carbocycles. The van der Waals surface area contributed by atoms with Gasteiger partial charge in [-0.2, -0.15) is 15.2 Å². The van der Waals surface area contributed by atoms with Crippen molar-refractivity contribution in [3.05, 3.63) is 65.2 Å². The number of nitrogens with zero attached hydrogens (tertiary/aromatic N) is 5. The number of pyridine rings is 1. The van der Waals surface area contributed by atoms with E-state index in [0.717, 1.165) is 6.07 Å². The van der Waals surface area contributed by atoms with Gasteiger partial charge in [0.25, 0.3) is 5.91 Å². The van der Waals surface area contributed by atoms with Gasteiger partial charge in [-0.25, -0.2) is 0 Å². The molecule has 1 atom stereocenters. The molecule has 2 N–H and O–H groups in total. The van der Waals surface area contributed by atoms with Crippen molar-refractivity contribution in [1.82, 2.24) is 30.6 Å². The Balaban J connectivity index is 1.53. The van der Waals surface area contributed by atoms with Gasteiger partial charge in [0.15, 0.2) is 5.69 Å². The first-order valence-corrected chi connectivity index (χ1v) is 10.9. The third-order valence-corrected chi connectivity index (χ3v) is 5.52. The summed E-state index contributed by atoms with van der Waals surface area (Å²) in [5, 5.41) is 22.3. The van der Waals surface area contributed by atoms with Crippen molar-refractivity contribution in [3.8, 4) is 17.5 Å². The van der Waals surface area contributed by atoms with Crippen LogP contribution in [0.15, 0.2) is 48.9 Å². The number of hydrogen-bond acceptors (Lipinski definition) is 7. The topological polar surface area (TPSA) is 135 Å². The molecule has 1 aliphatic rings. The number of alkyl halides is 3. The van der Waals surface area contributed by atoms with Crippen LogP contribution >= 0.6 is 11.6 Å². The molecule has 0 aliphatic heterocycles. The van der Waals surface area contributed by atoms with Crippen molar-refractivity contribution in [1.29, 1.82) is 5.26 Å². The maximum absolute atomic E-state index is 13.0. The summed E-state index contributed by atoms with van der Waals surface area (Å²) in [6.45, 7) is 0. The average molecular weight is 520 g/mol. The van der Waals surface area contributed by atoms with Crippen LogP contribution in [0.5, 0.6) is 5.75 Å². The number of benzene rings is 1. The van der Waals surface area contributed by atoms with Gasteiger partial charge >= 0.3 is 6.36 Å². The van der Waals surface area contributed by atoms with Gasteiger partial charge in [0.1, 0.15) is 17.3 Å². The Morgan fingerprint density at radius 3 is 2.58 bits per heavy atom. The van der Waals surface area contributed by atoms with Crippen LogP contribution in [-0.4, -0.2) is 49.7 Å². The zero-order valence-electron chi connectivity index (χ0n) is 18.3. The summed E-state index contributed by atoms with van der Waals surface area (Å²) >= 11 is 5.92. The molecule has 0 unspecified atom stereocenters. The highest BCUT2D eigenvalue weighted by Gasteiger charge is 2.45. The SMILES string of the molecule is N#CC1(NC(=O)[C@H](Cc2ccc(OC(F)(F)F)c(Cl)c2)NC(=O)c2cnn(-c3ccncc3)n2)CC1. The van der Waals surface area contributed by atoms with E-state index in [4.69, 9.17) is 11.6 Å². The van der Waals surface area contributed by atoms with Crippen LogP contribution in [0.4, 0.5) is 13.2 Å². The van der Waals surface area contributed by atoms with E-state index < -0.39 is 35.5 Å². The van der Waals surface area contributed by atoms with E-state index in [1.165, 1.54) is 35.5 Å². The van der Waals surface area contributed by atoms with Crippen LogP contribution in [0.2, 0.25) is 5.02 Å².